The number of imide groups is 1. The standard InChI is InChI=1S/C17H12BrFN2O3/c1-9-2-4-11-12(6-9)17(24)21(16(11)23)8-15(22)20-14-5-3-10(18)7-13(14)19/h2-7H,8H2,1H3,(H,20,22). The van der Waals surface area contributed by atoms with Gasteiger partial charge < -0.3 is 5.32 Å². The van der Waals surface area contributed by atoms with Gasteiger partial charge in [-0.3, -0.25) is 19.3 Å². The first-order chi connectivity index (χ1) is 11.4. The number of hydrogen-bond donors (Lipinski definition) is 1. The molecular weight excluding hydrogens is 379 g/mol. The van der Waals surface area contributed by atoms with Gasteiger partial charge >= 0.3 is 0 Å². The van der Waals surface area contributed by atoms with Gasteiger partial charge in [-0.15, -0.1) is 0 Å². The zero-order valence-corrected chi connectivity index (χ0v) is 14.2. The van der Waals surface area contributed by atoms with E-state index in [9.17, 15) is 18.8 Å². The lowest BCUT2D eigenvalue weighted by Gasteiger charge is -2.14. The number of nitrogens with one attached hydrogen (secondary N) is 1. The van der Waals surface area contributed by atoms with E-state index in [0.717, 1.165) is 10.5 Å². The van der Waals surface area contributed by atoms with Gasteiger partial charge in [0, 0.05) is 4.47 Å². The quantitative estimate of drug-likeness (QED) is 0.818. The molecule has 3 rings (SSSR count). The number of hydrogen-bond acceptors (Lipinski definition) is 3. The molecule has 0 aliphatic carbocycles. The van der Waals surface area contributed by atoms with Crippen LogP contribution >= 0.6 is 15.9 Å². The summed E-state index contributed by atoms with van der Waals surface area (Å²) >= 11 is 3.12. The minimum absolute atomic E-state index is 0.0179. The highest BCUT2D eigenvalue weighted by molar-refractivity contribution is 9.10. The van der Waals surface area contributed by atoms with E-state index in [4.69, 9.17) is 0 Å². The van der Waals surface area contributed by atoms with E-state index in [1.54, 1.807) is 24.3 Å². The number of aryl methyl sites for hydroxylation is 1. The predicted molar refractivity (Wildman–Crippen MR) is 89.3 cm³/mol. The van der Waals surface area contributed by atoms with E-state index < -0.39 is 30.1 Å². The number of anilines is 1. The first-order valence-corrected chi connectivity index (χ1v) is 7.88. The van der Waals surface area contributed by atoms with Crippen LogP contribution in [0.1, 0.15) is 26.3 Å². The summed E-state index contributed by atoms with van der Waals surface area (Å²) in [6.45, 7) is 1.34. The summed E-state index contributed by atoms with van der Waals surface area (Å²) in [4.78, 5) is 37.5. The van der Waals surface area contributed by atoms with Crippen LogP contribution in [0.5, 0.6) is 0 Å². The fraction of sp³-hybridized carbons (Fsp3) is 0.118. The normalized spacial score (nSPS) is 13.2. The molecule has 0 fully saturated rings. The van der Waals surface area contributed by atoms with Crippen LogP contribution in [0.2, 0.25) is 0 Å². The molecule has 5 nitrogen and oxygen atoms in total. The number of rotatable bonds is 3. The second kappa shape index (κ2) is 6.16. The summed E-state index contributed by atoms with van der Waals surface area (Å²) in [6.07, 6.45) is 0. The Morgan fingerprint density at radius 3 is 2.54 bits per heavy atom. The lowest BCUT2D eigenvalue weighted by molar-refractivity contribution is -0.116. The van der Waals surface area contributed by atoms with Gasteiger partial charge in [0.15, 0.2) is 0 Å². The molecular formula is C17H12BrFN2O3. The van der Waals surface area contributed by atoms with Gasteiger partial charge in [0.2, 0.25) is 5.91 Å². The molecule has 0 aromatic heterocycles. The monoisotopic (exact) mass is 390 g/mol. The van der Waals surface area contributed by atoms with E-state index in [2.05, 4.69) is 21.2 Å². The Kier molecular flexibility index (Phi) is 4.19. The number of nitrogens with zero attached hydrogens (tertiary/aromatic N) is 1. The molecule has 0 unspecified atom stereocenters. The highest BCUT2D eigenvalue weighted by Crippen LogP contribution is 2.24. The lowest BCUT2D eigenvalue weighted by atomic mass is 10.1. The van der Waals surface area contributed by atoms with Crippen LogP contribution in [-0.2, 0) is 4.79 Å². The van der Waals surface area contributed by atoms with Crippen molar-refractivity contribution in [3.8, 4) is 0 Å². The van der Waals surface area contributed by atoms with Crippen molar-refractivity contribution in [2.45, 2.75) is 6.92 Å². The second-order valence-electron chi connectivity index (χ2n) is 5.42. The highest BCUT2D eigenvalue weighted by Gasteiger charge is 2.36. The second-order valence-corrected chi connectivity index (χ2v) is 6.33. The molecule has 1 N–H and O–H groups in total. The smallest absolute Gasteiger partial charge is 0.262 e. The zero-order valence-electron chi connectivity index (χ0n) is 12.6. The molecule has 2 aromatic rings. The molecule has 2 aromatic carbocycles. The molecule has 122 valence electrons. The average molecular weight is 391 g/mol. The van der Waals surface area contributed by atoms with Gasteiger partial charge in [-0.1, -0.05) is 27.6 Å². The largest absolute Gasteiger partial charge is 0.322 e. The van der Waals surface area contributed by atoms with E-state index in [1.807, 2.05) is 6.92 Å². The van der Waals surface area contributed by atoms with E-state index in [0.29, 0.717) is 4.47 Å². The topological polar surface area (TPSA) is 66.5 Å². The molecule has 1 heterocycles. The Bertz CT molecular complexity index is 882. The van der Waals surface area contributed by atoms with Crippen molar-refractivity contribution >= 4 is 39.3 Å². The van der Waals surface area contributed by atoms with Gasteiger partial charge in [-0.25, -0.2) is 4.39 Å². The van der Waals surface area contributed by atoms with Crippen molar-refractivity contribution in [2.75, 3.05) is 11.9 Å². The van der Waals surface area contributed by atoms with Crippen molar-refractivity contribution in [1.82, 2.24) is 4.90 Å². The Balaban J connectivity index is 1.76. The Labute approximate surface area is 145 Å². The SMILES string of the molecule is Cc1ccc2c(c1)C(=O)N(CC(=O)Nc1ccc(Br)cc1F)C2=O. The van der Waals surface area contributed by atoms with Gasteiger partial charge in [-0.05, 0) is 37.3 Å². The van der Waals surface area contributed by atoms with Crippen molar-refractivity contribution in [1.29, 1.82) is 0 Å². The summed E-state index contributed by atoms with van der Waals surface area (Å²) in [7, 11) is 0. The summed E-state index contributed by atoms with van der Waals surface area (Å²) < 4.78 is 14.3. The van der Waals surface area contributed by atoms with Crippen molar-refractivity contribution in [3.05, 3.63) is 63.4 Å². The summed E-state index contributed by atoms with van der Waals surface area (Å²) in [5.41, 5.74) is 1.38. The predicted octanol–water partition coefficient (Wildman–Crippen LogP) is 3.13. The van der Waals surface area contributed by atoms with Gasteiger partial charge in [0.1, 0.15) is 12.4 Å². The van der Waals surface area contributed by atoms with Crippen LogP contribution in [0.3, 0.4) is 0 Å². The van der Waals surface area contributed by atoms with Gasteiger partial charge in [-0.2, -0.15) is 0 Å². The highest BCUT2D eigenvalue weighted by atomic mass is 79.9. The number of carbonyl (C=O) groups excluding carboxylic acids is 3. The minimum Gasteiger partial charge on any atom is -0.322 e. The molecule has 3 amide bonds. The maximum Gasteiger partial charge on any atom is 0.262 e. The molecule has 0 saturated carbocycles. The average Bonchev–Trinajstić information content (AvgIpc) is 2.75. The maximum atomic E-state index is 13.7. The van der Waals surface area contributed by atoms with Crippen LogP contribution in [0.15, 0.2) is 40.9 Å². The maximum absolute atomic E-state index is 13.7. The minimum atomic E-state index is -0.651. The molecule has 0 spiro atoms. The molecule has 0 bridgehead atoms. The molecule has 1 aliphatic rings. The Morgan fingerprint density at radius 1 is 1.12 bits per heavy atom. The lowest BCUT2D eigenvalue weighted by Crippen LogP contribution is -2.37. The zero-order chi connectivity index (χ0) is 17.4. The number of halogens is 2. The summed E-state index contributed by atoms with van der Waals surface area (Å²) in [5, 5.41) is 2.36. The Morgan fingerprint density at radius 2 is 1.83 bits per heavy atom. The van der Waals surface area contributed by atoms with E-state index in [-0.39, 0.29) is 16.8 Å². The molecule has 0 radical (unpaired) electrons. The number of carbonyl (C=O) groups is 3. The van der Waals surface area contributed by atoms with E-state index in [1.165, 1.54) is 12.1 Å². The van der Waals surface area contributed by atoms with Crippen LogP contribution in [0.4, 0.5) is 10.1 Å². The molecule has 0 saturated heterocycles. The van der Waals surface area contributed by atoms with Crippen LogP contribution in [0.25, 0.3) is 0 Å². The van der Waals surface area contributed by atoms with E-state index >= 15 is 0 Å². The van der Waals surface area contributed by atoms with Crippen LogP contribution < -0.4 is 5.32 Å². The van der Waals surface area contributed by atoms with Gasteiger partial charge in [0.25, 0.3) is 11.8 Å². The molecule has 7 heteroatoms. The fourth-order valence-electron chi connectivity index (χ4n) is 2.47. The van der Waals surface area contributed by atoms with Crippen molar-refractivity contribution in [3.63, 3.8) is 0 Å². The third-order valence-electron chi connectivity index (χ3n) is 3.63. The van der Waals surface area contributed by atoms with Crippen LogP contribution in [0, 0.1) is 12.7 Å². The Hall–Kier alpha value is -2.54. The summed E-state index contributed by atoms with van der Waals surface area (Å²) in [6, 6.07) is 9.08. The fourth-order valence-corrected chi connectivity index (χ4v) is 2.81. The van der Waals surface area contributed by atoms with Crippen molar-refractivity contribution < 1.29 is 18.8 Å². The number of fused-ring (bicyclic) bond motifs is 1. The number of amides is 3. The first-order valence-electron chi connectivity index (χ1n) is 7.08. The number of benzene rings is 2. The molecule has 1 aliphatic heterocycles. The van der Waals surface area contributed by atoms with Gasteiger partial charge in [0.05, 0.1) is 16.8 Å². The third-order valence-corrected chi connectivity index (χ3v) is 4.13. The first kappa shape index (κ1) is 16.3. The van der Waals surface area contributed by atoms with Crippen molar-refractivity contribution in [2.24, 2.45) is 0 Å². The summed E-state index contributed by atoms with van der Waals surface area (Å²) in [5.74, 6) is -2.32. The third kappa shape index (κ3) is 2.94. The van der Waals surface area contributed by atoms with Crippen LogP contribution in [-0.4, -0.2) is 29.2 Å². The molecule has 24 heavy (non-hydrogen) atoms. The molecule has 0 atom stereocenters.